The lowest BCUT2D eigenvalue weighted by Gasteiger charge is -2.16. The van der Waals surface area contributed by atoms with Crippen molar-refractivity contribution in [3.8, 4) is 39.7 Å². The number of nitrogens with zero attached hydrogens (tertiary/aromatic N) is 4. The van der Waals surface area contributed by atoms with E-state index in [1.165, 1.54) is 21.8 Å². The zero-order chi connectivity index (χ0) is 33.8. The first-order chi connectivity index (χ1) is 24.6. The van der Waals surface area contributed by atoms with E-state index in [4.69, 9.17) is 6.57 Å². The van der Waals surface area contributed by atoms with Crippen LogP contribution in [0.2, 0.25) is 0 Å². The molecular formula is C45H29N5. The van der Waals surface area contributed by atoms with Gasteiger partial charge in [0.2, 0.25) is 0 Å². The standard InChI is InChI=1S/C45H29N5/c1-47-33-18-23-44-40(26-33)39-24-29(28-46)14-22-43(39)50(44)45-27-34(48-2)17-21-36(45)32-9-7-8-31(25-32)30-15-19-35(20-16-30)49-41-12-5-3-10-37(41)38-11-4-6-13-42(38)49/h3-27,47H,1H3. The number of aromatic nitrogens is 2. The average Bonchev–Trinajstić information content (AvgIpc) is 3.69. The molecule has 1 N–H and O–H groups in total. The molecule has 0 fully saturated rings. The Morgan fingerprint density at radius 3 is 1.92 bits per heavy atom. The number of fused-ring (bicyclic) bond motifs is 6. The van der Waals surface area contributed by atoms with Gasteiger partial charge in [0, 0.05) is 51.2 Å². The highest BCUT2D eigenvalue weighted by Crippen LogP contribution is 2.40. The van der Waals surface area contributed by atoms with Crippen molar-refractivity contribution in [1.82, 2.24) is 9.13 Å². The van der Waals surface area contributed by atoms with E-state index in [1.54, 1.807) is 0 Å². The Bertz CT molecular complexity index is 2820. The molecule has 0 spiro atoms. The molecule has 2 heterocycles. The fourth-order valence-corrected chi connectivity index (χ4v) is 7.40. The first kappa shape index (κ1) is 29.1. The maximum Gasteiger partial charge on any atom is 0.189 e. The zero-order valence-electron chi connectivity index (χ0n) is 27.2. The number of hydrogen-bond donors (Lipinski definition) is 1. The zero-order valence-corrected chi connectivity index (χ0v) is 27.2. The highest BCUT2D eigenvalue weighted by Gasteiger charge is 2.18. The van der Waals surface area contributed by atoms with Crippen LogP contribution >= 0.6 is 0 Å². The highest BCUT2D eigenvalue weighted by molar-refractivity contribution is 6.11. The third kappa shape index (κ3) is 4.53. The van der Waals surface area contributed by atoms with Crippen LogP contribution in [0.25, 0.3) is 82.1 Å². The van der Waals surface area contributed by atoms with Gasteiger partial charge in [-0.05, 0) is 89.5 Å². The second kappa shape index (κ2) is 11.6. The Morgan fingerprint density at radius 2 is 1.22 bits per heavy atom. The summed E-state index contributed by atoms with van der Waals surface area (Å²) in [6.45, 7) is 7.85. The Kier molecular flexibility index (Phi) is 6.73. The molecule has 0 aliphatic rings. The number of nitriles is 1. The van der Waals surface area contributed by atoms with E-state index in [1.807, 2.05) is 37.4 Å². The smallest absolute Gasteiger partial charge is 0.189 e. The van der Waals surface area contributed by atoms with Gasteiger partial charge in [-0.15, -0.1) is 0 Å². The van der Waals surface area contributed by atoms with Crippen molar-refractivity contribution in [3.63, 3.8) is 0 Å². The van der Waals surface area contributed by atoms with Gasteiger partial charge in [-0.1, -0.05) is 78.9 Å². The van der Waals surface area contributed by atoms with Gasteiger partial charge in [-0.25, -0.2) is 4.85 Å². The molecule has 0 saturated heterocycles. The molecule has 5 heteroatoms. The average molecular weight is 640 g/mol. The number of para-hydroxylation sites is 2. The Hall–Kier alpha value is -7.08. The summed E-state index contributed by atoms with van der Waals surface area (Å²) in [6.07, 6.45) is 0. The van der Waals surface area contributed by atoms with Crippen LogP contribution in [0.4, 0.5) is 11.4 Å². The van der Waals surface area contributed by atoms with Gasteiger partial charge in [-0.3, -0.25) is 0 Å². The molecule has 0 aliphatic heterocycles. The van der Waals surface area contributed by atoms with E-state index < -0.39 is 0 Å². The molecule has 50 heavy (non-hydrogen) atoms. The summed E-state index contributed by atoms with van der Waals surface area (Å²) in [5.41, 5.74) is 12.9. The number of nitrogens with one attached hydrogen (secondary N) is 1. The summed E-state index contributed by atoms with van der Waals surface area (Å²) < 4.78 is 4.56. The Morgan fingerprint density at radius 1 is 0.560 bits per heavy atom. The molecule has 234 valence electrons. The van der Waals surface area contributed by atoms with E-state index in [9.17, 15) is 5.26 Å². The summed E-state index contributed by atoms with van der Waals surface area (Å²) in [6, 6.07) is 54.9. The van der Waals surface area contributed by atoms with E-state index in [0.29, 0.717) is 11.3 Å². The van der Waals surface area contributed by atoms with Crippen molar-refractivity contribution in [2.75, 3.05) is 12.4 Å². The van der Waals surface area contributed by atoms with E-state index in [-0.39, 0.29) is 0 Å². The lowest BCUT2D eigenvalue weighted by molar-refractivity contribution is 1.18. The van der Waals surface area contributed by atoms with E-state index in [2.05, 4.69) is 147 Å². The second-order valence-corrected chi connectivity index (χ2v) is 12.5. The van der Waals surface area contributed by atoms with Gasteiger partial charge in [0.1, 0.15) is 0 Å². The summed E-state index contributed by atoms with van der Waals surface area (Å²) in [7, 11) is 1.91. The SMILES string of the molecule is [C-]#[N+]c1ccc(-c2cccc(-c3ccc(-n4c5ccccc5c5ccccc54)cc3)c2)c(-n2c3ccc(C#N)cc3c3cc(NC)ccc32)c1. The van der Waals surface area contributed by atoms with Crippen LogP contribution < -0.4 is 5.32 Å². The van der Waals surface area contributed by atoms with Gasteiger partial charge in [0.15, 0.2) is 5.69 Å². The predicted octanol–water partition coefficient (Wildman–Crippen LogP) is 11.7. The molecule has 0 radical (unpaired) electrons. The van der Waals surface area contributed by atoms with Gasteiger partial charge < -0.3 is 14.5 Å². The lowest BCUT2D eigenvalue weighted by atomic mass is 9.97. The van der Waals surface area contributed by atoms with Crippen molar-refractivity contribution < 1.29 is 0 Å². The number of rotatable bonds is 5. The van der Waals surface area contributed by atoms with Crippen molar-refractivity contribution in [2.45, 2.75) is 0 Å². The molecule has 0 unspecified atom stereocenters. The Labute approximate surface area is 289 Å². The molecular weight excluding hydrogens is 611 g/mol. The quantitative estimate of drug-likeness (QED) is 0.191. The molecule has 0 saturated carbocycles. The van der Waals surface area contributed by atoms with Gasteiger partial charge >= 0.3 is 0 Å². The first-order valence-electron chi connectivity index (χ1n) is 16.5. The first-order valence-corrected chi connectivity index (χ1v) is 16.5. The number of benzene rings is 7. The van der Waals surface area contributed by atoms with Crippen molar-refractivity contribution >= 4 is 55.0 Å². The van der Waals surface area contributed by atoms with Gasteiger partial charge in [-0.2, -0.15) is 5.26 Å². The molecule has 5 nitrogen and oxygen atoms in total. The number of hydrogen-bond acceptors (Lipinski definition) is 2. The molecule has 9 rings (SSSR count). The van der Waals surface area contributed by atoms with Gasteiger partial charge in [0.25, 0.3) is 0 Å². The third-order valence-electron chi connectivity index (χ3n) is 9.75. The summed E-state index contributed by atoms with van der Waals surface area (Å²) in [5.74, 6) is 0. The Balaban J connectivity index is 1.18. The maximum absolute atomic E-state index is 9.72. The second-order valence-electron chi connectivity index (χ2n) is 12.5. The van der Waals surface area contributed by atoms with E-state index in [0.717, 1.165) is 61.1 Å². The molecule has 0 bridgehead atoms. The predicted molar refractivity (Wildman–Crippen MR) is 207 cm³/mol. The fourth-order valence-electron chi connectivity index (χ4n) is 7.40. The molecule has 2 aromatic heterocycles. The topological polar surface area (TPSA) is 50.0 Å². The minimum absolute atomic E-state index is 0.566. The summed E-state index contributed by atoms with van der Waals surface area (Å²) in [4.78, 5) is 3.80. The lowest BCUT2D eigenvalue weighted by Crippen LogP contribution is -1.98. The van der Waals surface area contributed by atoms with Crippen LogP contribution in [-0.4, -0.2) is 16.2 Å². The minimum Gasteiger partial charge on any atom is -0.388 e. The van der Waals surface area contributed by atoms with Gasteiger partial charge in [0.05, 0.1) is 40.3 Å². The number of anilines is 1. The monoisotopic (exact) mass is 639 g/mol. The maximum atomic E-state index is 9.72. The largest absolute Gasteiger partial charge is 0.388 e. The molecule has 0 amide bonds. The van der Waals surface area contributed by atoms with Crippen LogP contribution in [0.1, 0.15) is 5.56 Å². The molecule has 9 aromatic rings. The van der Waals surface area contributed by atoms with Crippen LogP contribution in [0.5, 0.6) is 0 Å². The molecule has 7 aromatic carbocycles. The normalized spacial score (nSPS) is 11.3. The highest BCUT2D eigenvalue weighted by atomic mass is 15.0. The summed E-state index contributed by atoms with van der Waals surface area (Å²) >= 11 is 0. The van der Waals surface area contributed by atoms with Crippen LogP contribution in [-0.2, 0) is 0 Å². The fraction of sp³-hybridized carbons (Fsp3) is 0.0222. The third-order valence-corrected chi connectivity index (χ3v) is 9.75. The van der Waals surface area contributed by atoms with Crippen LogP contribution in [0.3, 0.4) is 0 Å². The van der Waals surface area contributed by atoms with Crippen molar-refractivity contribution in [3.05, 3.63) is 169 Å². The van der Waals surface area contributed by atoms with Crippen molar-refractivity contribution in [2.24, 2.45) is 0 Å². The van der Waals surface area contributed by atoms with Crippen LogP contribution in [0, 0.1) is 17.9 Å². The van der Waals surface area contributed by atoms with Crippen molar-refractivity contribution in [1.29, 1.82) is 5.26 Å². The van der Waals surface area contributed by atoms with E-state index >= 15 is 0 Å². The molecule has 0 atom stereocenters. The van der Waals surface area contributed by atoms with Crippen LogP contribution in [0.15, 0.2) is 152 Å². The minimum atomic E-state index is 0.566. The molecule has 0 aliphatic carbocycles. The summed E-state index contributed by atoms with van der Waals surface area (Å²) in [5, 5.41) is 17.5.